The van der Waals surface area contributed by atoms with E-state index >= 15 is 0 Å². The molecule has 3 aromatic rings. The van der Waals surface area contributed by atoms with E-state index in [4.69, 9.17) is 16.0 Å². The molecule has 0 fully saturated rings. The van der Waals surface area contributed by atoms with E-state index in [-0.39, 0.29) is 5.91 Å². The lowest BCUT2D eigenvalue weighted by Gasteiger charge is -1.95. The summed E-state index contributed by atoms with van der Waals surface area (Å²) >= 11 is 5.85. The lowest BCUT2D eigenvalue weighted by Crippen LogP contribution is -2.17. The van der Waals surface area contributed by atoms with Crippen molar-refractivity contribution in [2.24, 2.45) is 5.10 Å². The van der Waals surface area contributed by atoms with Gasteiger partial charge in [0.1, 0.15) is 11.5 Å². The Kier molecular flexibility index (Phi) is 4.88. The van der Waals surface area contributed by atoms with Crippen LogP contribution in [0.3, 0.4) is 0 Å². The van der Waals surface area contributed by atoms with Crippen LogP contribution in [0.25, 0.3) is 17.3 Å². The van der Waals surface area contributed by atoms with Crippen LogP contribution in [0.4, 0.5) is 0 Å². The van der Waals surface area contributed by atoms with Crippen molar-refractivity contribution in [3.8, 4) is 11.3 Å². The Balaban J connectivity index is 1.58. The zero-order valence-electron chi connectivity index (χ0n) is 12.4. The molecule has 2 heterocycles. The van der Waals surface area contributed by atoms with Crippen LogP contribution in [0.2, 0.25) is 5.02 Å². The van der Waals surface area contributed by atoms with E-state index in [2.05, 4.69) is 20.7 Å². The average molecular weight is 341 g/mol. The van der Waals surface area contributed by atoms with Gasteiger partial charge in [-0.2, -0.15) is 10.2 Å². The van der Waals surface area contributed by atoms with Gasteiger partial charge in [-0.15, -0.1) is 0 Å². The largest absolute Gasteiger partial charge is 0.465 e. The summed E-state index contributed by atoms with van der Waals surface area (Å²) in [6.45, 7) is 0. The number of hydrogen-bond acceptors (Lipinski definition) is 4. The second-order valence-corrected chi connectivity index (χ2v) is 5.20. The van der Waals surface area contributed by atoms with Crippen molar-refractivity contribution in [2.75, 3.05) is 0 Å². The van der Waals surface area contributed by atoms with Gasteiger partial charge in [-0.3, -0.25) is 9.89 Å². The van der Waals surface area contributed by atoms with Gasteiger partial charge < -0.3 is 4.42 Å². The molecule has 2 aromatic heterocycles. The van der Waals surface area contributed by atoms with Crippen molar-refractivity contribution >= 4 is 29.8 Å². The zero-order valence-corrected chi connectivity index (χ0v) is 13.2. The highest BCUT2D eigenvalue weighted by atomic mass is 35.5. The Morgan fingerprint density at radius 2 is 2.12 bits per heavy atom. The van der Waals surface area contributed by atoms with Crippen LogP contribution in [0.1, 0.15) is 16.2 Å². The summed E-state index contributed by atoms with van der Waals surface area (Å²) in [4.78, 5) is 12.0. The fourth-order valence-corrected chi connectivity index (χ4v) is 2.06. The first-order valence-corrected chi connectivity index (χ1v) is 7.45. The number of halogens is 1. The van der Waals surface area contributed by atoms with Crippen LogP contribution in [0.5, 0.6) is 0 Å². The molecule has 2 N–H and O–H groups in total. The molecule has 3 rings (SSSR count). The number of carbonyl (C=O) groups is 1. The molecule has 120 valence electrons. The molecule has 0 aliphatic heterocycles. The van der Waals surface area contributed by atoms with E-state index < -0.39 is 0 Å². The SMILES string of the molecule is O=C(N/N=C\C=C\c1ccco1)c1cc(-c2ccc(Cl)cc2)n[nH]1. The average Bonchev–Trinajstić information content (AvgIpc) is 3.27. The number of rotatable bonds is 5. The normalized spacial score (nSPS) is 11.4. The van der Waals surface area contributed by atoms with Crippen molar-refractivity contribution < 1.29 is 9.21 Å². The molecule has 0 aliphatic carbocycles. The number of allylic oxidation sites excluding steroid dienone is 1. The second-order valence-electron chi connectivity index (χ2n) is 4.77. The van der Waals surface area contributed by atoms with Crippen molar-refractivity contribution in [1.29, 1.82) is 0 Å². The molecule has 7 heteroatoms. The Morgan fingerprint density at radius 1 is 1.29 bits per heavy atom. The lowest BCUT2D eigenvalue weighted by atomic mass is 10.1. The number of aromatic amines is 1. The molecule has 0 unspecified atom stereocenters. The standard InChI is InChI=1S/C17H13ClN4O2/c18-13-7-5-12(6-8-13)15-11-16(21-20-15)17(23)22-19-9-1-3-14-4-2-10-24-14/h1-11H,(H,20,21)(H,22,23)/b3-1+,19-9-. The number of nitrogens with one attached hydrogen (secondary N) is 2. The van der Waals surface area contributed by atoms with E-state index in [0.717, 1.165) is 5.56 Å². The van der Waals surface area contributed by atoms with Gasteiger partial charge in [0.05, 0.1) is 12.0 Å². The van der Waals surface area contributed by atoms with Crippen LogP contribution in [-0.2, 0) is 0 Å². The summed E-state index contributed by atoms with van der Waals surface area (Å²) in [6, 6.07) is 12.4. The predicted octanol–water partition coefficient (Wildman–Crippen LogP) is 3.75. The Hall–Kier alpha value is -3.12. The molecule has 0 spiro atoms. The highest BCUT2D eigenvalue weighted by Crippen LogP contribution is 2.20. The minimum atomic E-state index is -0.384. The van der Waals surface area contributed by atoms with Gasteiger partial charge in [0.25, 0.3) is 5.91 Å². The topological polar surface area (TPSA) is 83.3 Å². The van der Waals surface area contributed by atoms with Gasteiger partial charge in [-0.25, -0.2) is 5.43 Å². The number of furan rings is 1. The maximum absolute atomic E-state index is 12.0. The van der Waals surface area contributed by atoms with Gasteiger partial charge in [-0.1, -0.05) is 23.7 Å². The van der Waals surface area contributed by atoms with Crippen LogP contribution >= 0.6 is 11.6 Å². The van der Waals surface area contributed by atoms with Crippen molar-refractivity contribution in [2.45, 2.75) is 0 Å². The smallest absolute Gasteiger partial charge is 0.289 e. The predicted molar refractivity (Wildman–Crippen MR) is 92.7 cm³/mol. The van der Waals surface area contributed by atoms with Crippen LogP contribution in [0.15, 0.2) is 64.3 Å². The van der Waals surface area contributed by atoms with E-state index in [1.807, 2.05) is 18.2 Å². The first kappa shape index (κ1) is 15.8. The first-order chi connectivity index (χ1) is 11.7. The third kappa shape index (κ3) is 3.99. The second kappa shape index (κ2) is 7.43. The maximum atomic E-state index is 12.0. The van der Waals surface area contributed by atoms with E-state index in [0.29, 0.717) is 22.2 Å². The summed E-state index contributed by atoms with van der Waals surface area (Å²) < 4.78 is 5.13. The third-order valence-corrected chi connectivity index (χ3v) is 3.34. The minimum absolute atomic E-state index is 0.312. The molecular weight excluding hydrogens is 328 g/mol. The molecule has 0 aliphatic rings. The molecule has 0 saturated carbocycles. The van der Waals surface area contributed by atoms with Crippen LogP contribution in [-0.4, -0.2) is 22.3 Å². The highest BCUT2D eigenvalue weighted by molar-refractivity contribution is 6.30. The van der Waals surface area contributed by atoms with E-state index in [1.165, 1.54) is 6.21 Å². The maximum Gasteiger partial charge on any atom is 0.289 e. The molecule has 0 radical (unpaired) electrons. The molecule has 6 nitrogen and oxygen atoms in total. The fraction of sp³-hybridized carbons (Fsp3) is 0. The Bertz CT molecular complexity index is 864. The monoisotopic (exact) mass is 340 g/mol. The van der Waals surface area contributed by atoms with Crippen LogP contribution < -0.4 is 5.43 Å². The lowest BCUT2D eigenvalue weighted by molar-refractivity contribution is 0.0950. The summed E-state index contributed by atoms with van der Waals surface area (Å²) in [7, 11) is 0. The molecule has 1 amide bonds. The number of benzene rings is 1. The number of carbonyl (C=O) groups excluding carboxylic acids is 1. The molecule has 0 saturated heterocycles. The summed E-state index contributed by atoms with van der Waals surface area (Å²) in [5.41, 5.74) is 4.23. The number of amides is 1. The van der Waals surface area contributed by atoms with E-state index in [1.54, 1.807) is 42.7 Å². The highest BCUT2D eigenvalue weighted by Gasteiger charge is 2.10. The number of hydrogen-bond donors (Lipinski definition) is 2. The van der Waals surface area contributed by atoms with Gasteiger partial charge in [0.2, 0.25) is 0 Å². The summed E-state index contributed by atoms with van der Waals surface area (Å²) in [5, 5.41) is 11.3. The summed E-state index contributed by atoms with van der Waals surface area (Å²) in [5.74, 6) is 0.319. The van der Waals surface area contributed by atoms with Crippen molar-refractivity contribution in [3.63, 3.8) is 0 Å². The molecule has 0 atom stereocenters. The van der Waals surface area contributed by atoms with Gasteiger partial charge >= 0.3 is 0 Å². The number of hydrazone groups is 1. The van der Waals surface area contributed by atoms with Gasteiger partial charge in [0.15, 0.2) is 0 Å². The number of H-pyrrole nitrogens is 1. The molecule has 0 bridgehead atoms. The van der Waals surface area contributed by atoms with Crippen molar-refractivity contribution in [3.05, 3.63) is 71.3 Å². The molecular formula is C17H13ClN4O2. The fourth-order valence-electron chi connectivity index (χ4n) is 1.93. The number of aromatic nitrogens is 2. The zero-order chi connectivity index (χ0) is 16.8. The molecule has 1 aromatic carbocycles. The summed E-state index contributed by atoms with van der Waals surface area (Å²) in [6.07, 6.45) is 6.42. The van der Waals surface area contributed by atoms with Gasteiger partial charge in [-0.05, 0) is 42.5 Å². The van der Waals surface area contributed by atoms with E-state index in [9.17, 15) is 4.79 Å². The Morgan fingerprint density at radius 3 is 2.88 bits per heavy atom. The van der Waals surface area contributed by atoms with Crippen LogP contribution in [0, 0.1) is 0 Å². The van der Waals surface area contributed by atoms with Gasteiger partial charge in [0, 0.05) is 16.8 Å². The molecule has 24 heavy (non-hydrogen) atoms. The number of nitrogens with zero attached hydrogens (tertiary/aromatic N) is 2. The third-order valence-electron chi connectivity index (χ3n) is 3.09. The quantitative estimate of drug-likeness (QED) is 0.548. The Labute approximate surface area is 142 Å². The van der Waals surface area contributed by atoms with Crippen molar-refractivity contribution in [1.82, 2.24) is 15.6 Å². The first-order valence-electron chi connectivity index (χ1n) is 7.07. The minimum Gasteiger partial charge on any atom is -0.465 e.